The number of hydrogen-bond donors (Lipinski definition) is 0. The number of methoxy groups -OCH3 is 1. The quantitative estimate of drug-likeness (QED) is 0.638. The molecule has 3 nitrogen and oxygen atoms in total. The Balaban J connectivity index is 2.33. The Morgan fingerprint density at radius 2 is 1.81 bits per heavy atom. The third kappa shape index (κ3) is 2.41. The van der Waals surface area contributed by atoms with Crippen LogP contribution in [0.1, 0.15) is 0 Å². The molecular weight excluding hydrogens is 314 g/mol. The minimum atomic E-state index is -0.480. The van der Waals surface area contributed by atoms with Crippen LogP contribution < -0.4 is 4.74 Å². The zero-order valence-corrected chi connectivity index (χ0v) is 12.4. The van der Waals surface area contributed by atoms with Crippen LogP contribution in [-0.2, 0) is 0 Å². The fourth-order valence-electron chi connectivity index (χ4n) is 2.10. The number of hydrogen-bond acceptors (Lipinski definition) is 3. The molecule has 0 radical (unpaired) electrons. The lowest BCUT2D eigenvalue weighted by Crippen LogP contribution is -1.97. The minimum absolute atomic E-state index is 0.157. The summed E-state index contributed by atoms with van der Waals surface area (Å²) in [6.07, 6.45) is 0. The molecule has 1 heterocycles. The van der Waals surface area contributed by atoms with Crippen molar-refractivity contribution in [3.8, 4) is 17.1 Å². The Kier molecular flexibility index (Phi) is 3.66. The highest BCUT2D eigenvalue weighted by Gasteiger charge is 2.17. The van der Waals surface area contributed by atoms with Crippen molar-refractivity contribution in [1.82, 2.24) is 9.97 Å². The molecule has 0 bridgehead atoms. The lowest BCUT2D eigenvalue weighted by molar-refractivity contribution is 0.413. The van der Waals surface area contributed by atoms with Gasteiger partial charge in [-0.3, -0.25) is 0 Å². The molecule has 3 aromatic rings. The van der Waals surface area contributed by atoms with Gasteiger partial charge in [-0.25, -0.2) is 14.4 Å². The maximum atomic E-state index is 14.1. The van der Waals surface area contributed by atoms with Gasteiger partial charge in [0, 0.05) is 0 Å². The van der Waals surface area contributed by atoms with Crippen molar-refractivity contribution in [2.45, 2.75) is 0 Å². The van der Waals surface area contributed by atoms with Gasteiger partial charge in [0.1, 0.15) is 16.7 Å². The highest BCUT2D eigenvalue weighted by Crippen LogP contribution is 2.34. The topological polar surface area (TPSA) is 35.0 Å². The first kappa shape index (κ1) is 14.0. The molecule has 1 aromatic heterocycles. The summed E-state index contributed by atoms with van der Waals surface area (Å²) in [5.41, 5.74) is 0.714. The Morgan fingerprint density at radius 1 is 1.05 bits per heavy atom. The lowest BCUT2D eigenvalue weighted by Gasteiger charge is -2.10. The molecule has 0 unspecified atom stereocenters. The maximum absolute atomic E-state index is 14.1. The summed E-state index contributed by atoms with van der Waals surface area (Å²) in [6, 6.07) is 9.69. The van der Waals surface area contributed by atoms with E-state index in [1.165, 1.54) is 13.2 Å². The van der Waals surface area contributed by atoms with Crippen molar-refractivity contribution in [3.63, 3.8) is 0 Å². The van der Waals surface area contributed by atoms with Gasteiger partial charge in [-0.2, -0.15) is 0 Å². The second kappa shape index (κ2) is 5.47. The summed E-state index contributed by atoms with van der Waals surface area (Å²) < 4.78 is 19.3. The zero-order chi connectivity index (χ0) is 15.0. The molecule has 106 valence electrons. The molecule has 0 aliphatic rings. The summed E-state index contributed by atoms with van der Waals surface area (Å²) in [5.74, 6) is 0.0176. The predicted molar refractivity (Wildman–Crippen MR) is 81.5 cm³/mol. The van der Waals surface area contributed by atoms with E-state index in [1.54, 1.807) is 30.3 Å². The maximum Gasteiger partial charge on any atom is 0.168 e. The number of aromatic nitrogens is 2. The fraction of sp³-hybridized carbons (Fsp3) is 0.0667. The van der Waals surface area contributed by atoms with Crippen LogP contribution in [0.15, 0.2) is 36.4 Å². The van der Waals surface area contributed by atoms with Crippen molar-refractivity contribution < 1.29 is 9.13 Å². The summed E-state index contributed by atoms with van der Waals surface area (Å²) in [5, 5.41) is 1.16. The molecule has 0 aliphatic heterocycles. The van der Waals surface area contributed by atoms with E-state index in [-0.39, 0.29) is 16.5 Å². The predicted octanol–water partition coefficient (Wildman–Crippen LogP) is 4.75. The van der Waals surface area contributed by atoms with E-state index in [1.807, 2.05) is 0 Å². The average Bonchev–Trinajstić information content (AvgIpc) is 2.46. The largest absolute Gasteiger partial charge is 0.496 e. The Labute approximate surface area is 130 Å². The highest BCUT2D eigenvalue weighted by molar-refractivity contribution is 6.41. The fourth-order valence-corrected chi connectivity index (χ4v) is 2.69. The van der Waals surface area contributed by atoms with Crippen LogP contribution in [0.4, 0.5) is 4.39 Å². The van der Waals surface area contributed by atoms with Crippen LogP contribution in [0.2, 0.25) is 10.2 Å². The molecule has 0 amide bonds. The molecule has 2 aromatic carbocycles. The summed E-state index contributed by atoms with van der Waals surface area (Å²) in [7, 11) is 1.46. The number of ether oxygens (including phenoxy) is 1. The molecule has 0 spiro atoms. The minimum Gasteiger partial charge on any atom is -0.496 e. The van der Waals surface area contributed by atoms with Gasteiger partial charge in [0.25, 0.3) is 0 Å². The van der Waals surface area contributed by atoms with Gasteiger partial charge < -0.3 is 4.74 Å². The van der Waals surface area contributed by atoms with Crippen LogP contribution in [0.25, 0.3) is 22.3 Å². The van der Waals surface area contributed by atoms with E-state index in [4.69, 9.17) is 27.9 Å². The van der Waals surface area contributed by atoms with Crippen LogP contribution in [0.3, 0.4) is 0 Å². The first-order chi connectivity index (χ1) is 10.1. The van der Waals surface area contributed by atoms with Gasteiger partial charge in [0.15, 0.2) is 5.82 Å². The molecule has 0 aliphatic carbocycles. The van der Waals surface area contributed by atoms with Crippen LogP contribution in [-0.4, -0.2) is 17.1 Å². The monoisotopic (exact) mass is 322 g/mol. The van der Waals surface area contributed by atoms with Crippen molar-refractivity contribution >= 4 is 34.1 Å². The van der Waals surface area contributed by atoms with E-state index in [9.17, 15) is 4.39 Å². The number of halogens is 3. The number of nitrogens with zero attached hydrogens (tertiary/aromatic N) is 2. The smallest absolute Gasteiger partial charge is 0.168 e. The van der Waals surface area contributed by atoms with Crippen molar-refractivity contribution in [2.75, 3.05) is 7.11 Å². The number of rotatable bonds is 2. The zero-order valence-electron chi connectivity index (χ0n) is 10.9. The Bertz CT molecular complexity index is 839. The molecule has 6 heteroatoms. The second-order valence-electron chi connectivity index (χ2n) is 4.29. The van der Waals surface area contributed by atoms with Gasteiger partial charge in [-0.1, -0.05) is 35.3 Å². The van der Waals surface area contributed by atoms with Crippen LogP contribution in [0.5, 0.6) is 5.75 Å². The average molecular weight is 323 g/mol. The van der Waals surface area contributed by atoms with Gasteiger partial charge >= 0.3 is 0 Å². The van der Waals surface area contributed by atoms with Crippen molar-refractivity contribution in [2.24, 2.45) is 0 Å². The SMILES string of the molecule is COc1cccc(F)c1-c1nc(Cl)c2c(Cl)cccc2n1. The molecule has 0 atom stereocenters. The van der Waals surface area contributed by atoms with E-state index in [0.29, 0.717) is 21.7 Å². The number of fused-ring (bicyclic) bond motifs is 1. The first-order valence-electron chi connectivity index (χ1n) is 6.06. The van der Waals surface area contributed by atoms with Gasteiger partial charge in [0.2, 0.25) is 0 Å². The second-order valence-corrected chi connectivity index (χ2v) is 5.05. The normalized spacial score (nSPS) is 10.9. The first-order valence-corrected chi connectivity index (χ1v) is 6.82. The third-order valence-corrected chi connectivity index (χ3v) is 3.64. The standard InChI is InChI=1S/C15H9Cl2FN2O/c1-21-11-7-3-5-9(18)13(11)15-19-10-6-2-4-8(16)12(10)14(17)20-15/h2-7H,1H3. The third-order valence-electron chi connectivity index (χ3n) is 3.05. The molecule has 0 saturated carbocycles. The molecule has 3 rings (SSSR count). The van der Waals surface area contributed by atoms with Crippen LogP contribution >= 0.6 is 23.2 Å². The van der Waals surface area contributed by atoms with E-state index in [0.717, 1.165) is 0 Å². The van der Waals surface area contributed by atoms with Crippen molar-refractivity contribution in [3.05, 3.63) is 52.4 Å². The molecule has 0 fully saturated rings. The molecular formula is C15H9Cl2FN2O. The van der Waals surface area contributed by atoms with Gasteiger partial charge in [0.05, 0.1) is 28.6 Å². The molecule has 0 saturated heterocycles. The Morgan fingerprint density at radius 3 is 2.57 bits per heavy atom. The molecule has 0 N–H and O–H groups in total. The summed E-state index contributed by atoms with van der Waals surface area (Å²) >= 11 is 12.3. The van der Waals surface area contributed by atoms with E-state index < -0.39 is 5.82 Å². The Hall–Kier alpha value is -1.91. The lowest BCUT2D eigenvalue weighted by atomic mass is 10.1. The number of benzene rings is 2. The van der Waals surface area contributed by atoms with E-state index in [2.05, 4.69) is 9.97 Å². The highest BCUT2D eigenvalue weighted by atomic mass is 35.5. The summed E-state index contributed by atoms with van der Waals surface area (Å²) in [6.45, 7) is 0. The molecule has 21 heavy (non-hydrogen) atoms. The van der Waals surface area contributed by atoms with E-state index >= 15 is 0 Å². The van der Waals surface area contributed by atoms with Gasteiger partial charge in [-0.15, -0.1) is 0 Å². The van der Waals surface area contributed by atoms with Crippen LogP contribution in [0, 0.1) is 5.82 Å². The van der Waals surface area contributed by atoms with Gasteiger partial charge in [-0.05, 0) is 24.3 Å². The van der Waals surface area contributed by atoms with Crippen molar-refractivity contribution in [1.29, 1.82) is 0 Å². The summed E-state index contributed by atoms with van der Waals surface area (Å²) in [4.78, 5) is 8.49.